The van der Waals surface area contributed by atoms with Crippen LogP contribution >= 0.6 is 0 Å². The molecule has 2 heterocycles. The normalized spacial score (nSPS) is 19.8. The highest BCUT2D eigenvalue weighted by molar-refractivity contribution is 6.25. The van der Waals surface area contributed by atoms with Gasteiger partial charge < -0.3 is 4.90 Å². The second-order valence-corrected chi connectivity index (χ2v) is 5.05. The van der Waals surface area contributed by atoms with Gasteiger partial charge in [0.25, 0.3) is 0 Å². The van der Waals surface area contributed by atoms with Crippen molar-refractivity contribution in [3.05, 3.63) is 71.4 Å². The molecule has 1 aromatic carbocycles. The molecular formula is C16H12N4O. The van der Waals surface area contributed by atoms with Crippen LogP contribution in [0.3, 0.4) is 0 Å². The van der Waals surface area contributed by atoms with E-state index in [1.807, 2.05) is 42.3 Å². The summed E-state index contributed by atoms with van der Waals surface area (Å²) in [5, 5.41) is 0. The minimum absolute atomic E-state index is 0.0693. The van der Waals surface area contributed by atoms with E-state index in [-0.39, 0.29) is 11.9 Å². The van der Waals surface area contributed by atoms with Gasteiger partial charge in [0.05, 0.1) is 11.3 Å². The number of hydrogen-bond donors (Lipinski definition) is 0. The van der Waals surface area contributed by atoms with Crippen molar-refractivity contribution in [1.82, 2.24) is 14.9 Å². The number of aliphatic imine (C=N–C) groups is 1. The van der Waals surface area contributed by atoms with Crippen LogP contribution in [-0.2, 0) is 0 Å². The SMILES string of the molecule is CN1C2=CC(=O)c3cncnc3C2=NC1c1ccccc1. The van der Waals surface area contributed by atoms with Crippen molar-refractivity contribution in [2.24, 2.45) is 4.99 Å². The predicted octanol–water partition coefficient (Wildman–Crippen LogP) is 1.99. The summed E-state index contributed by atoms with van der Waals surface area (Å²) in [6, 6.07) is 10.0. The zero-order valence-corrected chi connectivity index (χ0v) is 11.4. The number of ketones is 1. The van der Waals surface area contributed by atoms with Gasteiger partial charge >= 0.3 is 0 Å². The molecule has 102 valence electrons. The minimum Gasteiger partial charge on any atom is -0.347 e. The number of allylic oxidation sites excluding steroid dienone is 2. The molecule has 0 saturated carbocycles. The molecule has 1 atom stereocenters. The number of carbonyl (C=O) groups excluding carboxylic acids is 1. The highest BCUT2D eigenvalue weighted by atomic mass is 16.1. The Labute approximate surface area is 121 Å². The molecule has 4 rings (SSSR count). The van der Waals surface area contributed by atoms with Gasteiger partial charge in [0.1, 0.15) is 23.9 Å². The average molecular weight is 276 g/mol. The fourth-order valence-corrected chi connectivity index (χ4v) is 2.75. The zero-order valence-electron chi connectivity index (χ0n) is 11.4. The van der Waals surface area contributed by atoms with Crippen LogP contribution in [0.15, 0.2) is 59.6 Å². The lowest BCUT2D eigenvalue weighted by atomic mass is 9.98. The topological polar surface area (TPSA) is 58.5 Å². The van der Waals surface area contributed by atoms with E-state index in [1.54, 1.807) is 12.3 Å². The first-order chi connectivity index (χ1) is 10.3. The quantitative estimate of drug-likeness (QED) is 0.799. The van der Waals surface area contributed by atoms with Gasteiger partial charge in [-0.15, -0.1) is 0 Å². The monoisotopic (exact) mass is 276 g/mol. The van der Waals surface area contributed by atoms with E-state index in [9.17, 15) is 4.79 Å². The minimum atomic E-state index is -0.124. The third-order valence-electron chi connectivity index (χ3n) is 3.81. The van der Waals surface area contributed by atoms with Gasteiger partial charge in [-0.05, 0) is 5.56 Å². The van der Waals surface area contributed by atoms with Gasteiger partial charge in [0, 0.05) is 19.3 Å². The number of rotatable bonds is 1. The summed E-state index contributed by atoms with van der Waals surface area (Å²) in [6.07, 6.45) is 4.50. The molecule has 5 heteroatoms. The summed E-state index contributed by atoms with van der Waals surface area (Å²) in [7, 11) is 1.94. The van der Waals surface area contributed by atoms with Crippen molar-refractivity contribution in [2.75, 3.05) is 7.05 Å². The molecule has 1 unspecified atom stereocenters. The summed E-state index contributed by atoms with van der Waals surface area (Å²) < 4.78 is 0. The fraction of sp³-hybridized carbons (Fsp3) is 0.125. The maximum absolute atomic E-state index is 12.2. The van der Waals surface area contributed by atoms with Crippen LogP contribution in [0, 0.1) is 0 Å². The molecule has 0 bridgehead atoms. The Morgan fingerprint density at radius 3 is 2.81 bits per heavy atom. The summed E-state index contributed by atoms with van der Waals surface area (Å²) in [6.45, 7) is 0. The van der Waals surface area contributed by atoms with Gasteiger partial charge in [-0.25, -0.2) is 9.97 Å². The van der Waals surface area contributed by atoms with Gasteiger partial charge in [-0.2, -0.15) is 0 Å². The number of fused-ring (bicyclic) bond motifs is 3. The lowest BCUT2D eigenvalue weighted by Gasteiger charge is -2.23. The largest absolute Gasteiger partial charge is 0.347 e. The maximum atomic E-state index is 12.2. The molecule has 2 aromatic rings. The van der Waals surface area contributed by atoms with Gasteiger partial charge in [-0.3, -0.25) is 9.79 Å². The lowest BCUT2D eigenvalue weighted by Crippen LogP contribution is -2.25. The molecule has 0 N–H and O–H groups in total. The zero-order chi connectivity index (χ0) is 14.4. The second-order valence-electron chi connectivity index (χ2n) is 5.05. The molecule has 5 nitrogen and oxygen atoms in total. The van der Waals surface area contributed by atoms with E-state index in [4.69, 9.17) is 4.99 Å². The number of carbonyl (C=O) groups is 1. The second kappa shape index (κ2) is 4.34. The maximum Gasteiger partial charge on any atom is 0.191 e. The van der Waals surface area contributed by atoms with Crippen LogP contribution in [0.4, 0.5) is 0 Å². The van der Waals surface area contributed by atoms with Crippen LogP contribution in [0.2, 0.25) is 0 Å². The number of likely N-dealkylation sites (N-methyl/N-ethyl adjacent to an activating group) is 1. The van der Waals surface area contributed by atoms with E-state index in [2.05, 4.69) is 9.97 Å². The lowest BCUT2D eigenvalue weighted by molar-refractivity contribution is 0.104. The first-order valence-corrected chi connectivity index (χ1v) is 6.68. The molecule has 0 amide bonds. The Kier molecular flexibility index (Phi) is 2.47. The summed E-state index contributed by atoms with van der Waals surface area (Å²) in [4.78, 5) is 27.1. The van der Waals surface area contributed by atoms with Crippen molar-refractivity contribution in [2.45, 2.75) is 6.17 Å². The molecule has 0 spiro atoms. The number of aromatic nitrogens is 2. The van der Waals surface area contributed by atoms with Gasteiger partial charge in [-0.1, -0.05) is 30.3 Å². The Bertz CT molecular complexity index is 795. The Hall–Kier alpha value is -2.82. The van der Waals surface area contributed by atoms with Gasteiger partial charge in [0.2, 0.25) is 0 Å². The number of nitrogens with zero attached hydrogens (tertiary/aromatic N) is 4. The third kappa shape index (κ3) is 1.71. The molecule has 2 aliphatic rings. The standard InChI is InChI=1S/C16H12N4O/c1-20-12-7-13(21)11-8-17-9-18-14(11)15(12)19-16(20)10-5-3-2-4-6-10/h2-9,16H,1H3. The summed E-state index contributed by atoms with van der Waals surface area (Å²) in [5.74, 6) is -0.0693. The fourth-order valence-electron chi connectivity index (χ4n) is 2.75. The van der Waals surface area contributed by atoms with Crippen LogP contribution in [0.5, 0.6) is 0 Å². The number of benzene rings is 1. The highest BCUT2D eigenvalue weighted by Crippen LogP contribution is 2.35. The number of hydrogen-bond acceptors (Lipinski definition) is 5. The smallest absolute Gasteiger partial charge is 0.191 e. The van der Waals surface area contributed by atoms with E-state index >= 15 is 0 Å². The van der Waals surface area contributed by atoms with E-state index in [0.717, 1.165) is 17.0 Å². The first kappa shape index (κ1) is 12.0. The van der Waals surface area contributed by atoms with Crippen molar-refractivity contribution < 1.29 is 4.79 Å². The Morgan fingerprint density at radius 2 is 2.00 bits per heavy atom. The molecule has 0 saturated heterocycles. The Morgan fingerprint density at radius 1 is 1.19 bits per heavy atom. The predicted molar refractivity (Wildman–Crippen MR) is 77.9 cm³/mol. The van der Waals surface area contributed by atoms with Crippen molar-refractivity contribution in [3.63, 3.8) is 0 Å². The summed E-state index contributed by atoms with van der Waals surface area (Å²) in [5.41, 5.74) is 3.81. The molecule has 0 radical (unpaired) electrons. The third-order valence-corrected chi connectivity index (χ3v) is 3.81. The van der Waals surface area contributed by atoms with Crippen LogP contribution < -0.4 is 0 Å². The van der Waals surface area contributed by atoms with Crippen molar-refractivity contribution in [3.8, 4) is 0 Å². The van der Waals surface area contributed by atoms with Crippen LogP contribution in [0.25, 0.3) is 0 Å². The molecule has 0 fully saturated rings. The molecule has 1 aromatic heterocycles. The van der Waals surface area contributed by atoms with Crippen LogP contribution in [0.1, 0.15) is 27.8 Å². The van der Waals surface area contributed by atoms with Gasteiger partial charge in [0.15, 0.2) is 5.78 Å². The van der Waals surface area contributed by atoms with E-state index in [1.165, 1.54) is 6.33 Å². The summed E-state index contributed by atoms with van der Waals surface area (Å²) >= 11 is 0. The van der Waals surface area contributed by atoms with E-state index in [0.29, 0.717) is 11.3 Å². The van der Waals surface area contributed by atoms with Crippen molar-refractivity contribution >= 4 is 11.5 Å². The first-order valence-electron chi connectivity index (χ1n) is 6.68. The molecule has 1 aliphatic heterocycles. The Balaban J connectivity index is 1.88. The molecular weight excluding hydrogens is 264 g/mol. The van der Waals surface area contributed by atoms with E-state index < -0.39 is 0 Å². The average Bonchev–Trinajstić information content (AvgIpc) is 2.86. The van der Waals surface area contributed by atoms with Crippen LogP contribution in [-0.4, -0.2) is 33.4 Å². The highest BCUT2D eigenvalue weighted by Gasteiger charge is 2.35. The molecule has 21 heavy (non-hydrogen) atoms. The van der Waals surface area contributed by atoms with Crippen molar-refractivity contribution in [1.29, 1.82) is 0 Å². The molecule has 1 aliphatic carbocycles.